The van der Waals surface area contributed by atoms with Gasteiger partial charge in [0, 0.05) is 42.0 Å². The zero-order valence-electron chi connectivity index (χ0n) is 21.7. The number of fused-ring (bicyclic) bond motifs is 2. The smallest absolute Gasteiger partial charge is 0.253 e. The van der Waals surface area contributed by atoms with Crippen molar-refractivity contribution in [1.82, 2.24) is 15.6 Å². The number of aromatic nitrogens is 1. The molecule has 0 spiro atoms. The van der Waals surface area contributed by atoms with E-state index in [1.165, 1.54) is 5.56 Å². The summed E-state index contributed by atoms with van der Waals surface area (Å²) in [5.74, 6) is 1.45. The topological polar surface area (TPSA) is 83.6 Å². The molecule has 0 radical (unpaired) electrons. The van der Waals surface area contributed by atoms with Crippen LogP contribution in [-0.2, 0) is 6.54 Å². The molecule has 2 aliphatic heterocycles. The molecule has 192 valence electrons. The standard InChI is InChI=1S/C30H34N4O3/c1-19-7-9-21(10-8-19)17-32-29(35)22-11-14-28(31-18-22)34-24-12-13-25(34)16-23(15-24)33-30(36)26-5-4-6-27(37-3)20(26)2/h4-11,14,18,23-25H,12-13,15-17H2,1-3H3,(H,32,35)(H,33,36)/t23?,24-,25+. The van der Waals surface area contributed by atoms with Crippen molar-refractivity contribution in [3.05, 3.63) is 88.6 Å². The number of hydrogen-bond acceptors (Lipinski definition) is 5. The van der Waals surface area contributed by atoms with Gasteiger partial charge < -0.3 is 20.3 Å². The fourth-order valence-electron chi connectivity index (χ4n) is 5.68. The van der Waals surface area contributed by atoms with E-state index in [1.54, 1.807) is 13.3 Å². The highest BCUT2D eigenvalue weighted by molar-refractivity contribution is 5.96. The van der Waals surface area contributed by atoms with Gasteiger partial charge in [0.15, 0.2) is 0 Å². The van der Waals surface area contributed by atoms with Crippen LogP contribution in [-0.4, -0.2) is 42.0 Å². The Bertz CT molecular complexity index is 1260. The van der Waals surface area contributed by atoms with E-state index in [4.69, 9.17) is 4.74 Å². The highest BCUT2D eigenvalue weighted by Crippen LogP contribution is 2.38. The highest BCUT2D eigenvalue weighted by atomic mass is 16.5. The average Bonchev–Trinajstić information content (AvgIpc) is 3.18. The normalized spacial score (nSPS) is 20.4. The Morgan fingerprint density at radius 1 is 0.973 bits per heavy atom. The maximum absolute atomic E-state index is 13.0. The number of amides is 2. The van der Waals surface area contributed by atoms with Crippen LogP contribution in [0.4, 0.5) is 5.82 Å². The molecule has 2 saturated heterocycles. The van der Waals surface area contributed by atoms with Crippen molar-refractivity contribution in [2.75, 3.05) is 12.0 Å². The molecule has 2 aliphatic rings. The molecule has 3 aromatic rings. The van der Waals surface area contributed by atoms with Gasteiger partial charge in [-0.3, -0.25) is 9.59 Å². The molecule has 2 bridgehead atoms. The first-order valence-corrected chi connectivity index (χ1v) is 13.0. The first-order valence-electron chi connectivity index (χ1n) is 13.0. The molecule has 0 aliphatic carbocycles. The minimum Gasteiger partial charge on any atom is -0.496 e. The van der Waals surface area contributed by atoms with E-state index < -0.39 is 0 Å². The summed E-state index contributed by atoms with van der Waals surface area (Å²) in [6, 6.07) is 18.3. The number of carbonyl (C=O) groups is 2. The largest absolute Gasteiger partial charge is 0.496 e. The highest BCUT2D eigenvalue weighted by Gasteiger charge is 2.42. The minimum atomic E-state index is -0.128. The number of ether oxygens (including phenoxy) is 1. The summed E-state index contributed by atoms with van der Waals surface area (Å²) in [6.45, 7) is 4.45. The number of aryl methyl sites for hydroxylation is 1. The van der Waals surface area contributed by atoms with Crippen molar-refractivity contribution in [2.24, 2.45) is 0 Å². The number of piperidine rings is 1. The number of benzene rings is 2. The summed E-state index contributed by atoms with van der Waals surface area (Å²) in [5, 5.41) is 6.23. The van der Waals surface area contributed by atoms with E-state index in [9.17, 15) is 9.59 Å². The molecular formula is C30H34N4O3. The third-order valence-electron chi connectivity index (χ3n) is 7.67. The molecule has 1 unspecified atom stereocenters. The molecule has 5 rings (SSSR count). The molecule has 7 heteroatoms. The van der Waals surface area contributed by atoms with E-state index in [1.807, 2.05) is 68.4 Å². The van der Waals surface area contributed by atoms with Crippen molar-refractivity contribution < 1.29 is 14.3 Å². The van der Waals surface area contributed by atoms with Crippen LogP contribution in [0.1, 0.15) is 63.1 Å². The number of hydrogen-bond donors (Lipinski definition) is 2. The molecule has 2 amide bonds. The molecule has 2 fully saturated rings. The predicted octanol–water partition coefficient (Wildman–Crippen LogP) is 4.57. The van der Waals surface area contributed by atoms with E-state index in [0.717, 1.165) is 48.4 Å². The summed E-state index contributed by atoms with van der Waals surface area (Å²) >= 11 is 0. The number of nitrogens with zero attached hydrogens (tertiary/aromatic N) is 2. The Labute approximate surface area is 218 Å². The van der Waals surface area contributed by atoms with E-state index in [-0.39, 0.29) is 17.9 Å². The van der Waals surface area contributed by atoms with Crippen molar-refractivity contribution in [2.45, 2.75) is 64.2 Å². The van der Waals surface area contributed by atoms with Gasteiger partial charge in [-0.25, -0.2) is 4.98 Å². The van der Waals surface area contributed by atoms with E-state index >= 15 is 0 Å². The molecule has 3 atom stereocenters. The lowest BCUT2D eigenvalue weighted by Gasteiger charge is -2.40. The molecule has 7 nitrogen and oxygen atoms in total. The van der Waals surface area contributed by atoms with Crippen LogP contribution in [0.15, 0.2) is 60.8 Å². The van der Waals surface area contributed by atoms with Gasteiger partial charge in [-0.15, -0.1) is 0 Å². The lowest BCUT2D eigenvalue weighted by molar-refractivity contribution is 0.0923. The third kappa shape index (κ3) is 5.31. The van der Waals surface area contributed by atoms with Crippen LogP contribution in [0.2, 0.25) is 0 Å². The Morgan fingerprint density at radius 2 is 1.70 bits per heavy atom. The summed E-state index contributed by atoms with van der Waals surface area (Å²) in [7, 11) is 1.62. The summed E-state index contributed by atoms with van der Waals surface area (Å²) < 4.78 is 5.38. The van der Waals surface area contributed by atoms with Gasteiger partial charge in [0.25, 0.3) is 11.8 Å². The van der Waals surface area contributed by atoms with Gasteiger partial charge >= 0.3 is 0 Å². The molecular weight excluding hydrogens is 464 g/mol. The van der Waals surface area contributed by atoms with E-state index in [0.29, 0.717) is 29.8 Å². The van der Waals surface area contributed by atoms with Gasteiger partial charge in [-0.05, 0) is 69.4 Å². The Balaban J connectivity index is 1.19. The fourth-order valence-corrected chi connectivity index (χ4v) is 5.68. The van der Waals surface area contributed by atoms with Crippen LogP contribution in [0, 0.1) is 13.8 Å². The maximum Gasteiger partial charge on any atom is 0.253 e. The van der Waals surface area contributed by atoms with Crippen LogP contribution in [0.3, 0.4) is 0 Å². The third-order valence-corrected chi connectivity index (χ3v) is 7.67. The number of carbonyl (C=O) groups excluding carboxylic acids is 2. The van der Waals surface area contributed by atoms with Gasteiger partial charge in [-0.1, -0.05) is 35.9 Å². The Kier molecular flexibility index (Phi) is 7.12. The van der Waals surface area contributed by atoms with E-state index in [2.05, 4.69) is 20.5 Å². The molecule has 2 N–H and O–H groups in total. The van der Waals surface area contributed by atoms with Gasteiger partial charge in [0.2, 0.25) is 0 Å². The SMILES string of the molecule is COc1cccc(C(=O)NC2C[C@H]3CC[C@@H](C2)N3c2ccc(C(=O)NCc3ccc(C)cc3)cn2)c1C. The summed E-state index contributed by atoms with van der Waals surface area (Å²) in [4.78, 5) is 32.7. The zero-order valence-corrected chi connectivity index (χ0v) is 21.7. The lowest BCUT2D eigenvalue weighted by Crippen LogP contribution is -2.50. The molecule has 37 heavy (non-hydrogen) atoms. The quantitative estimate of drug-likeness (QED) is 0.499. The monoisotopic (exact) mass is 498 g/mol. The number of anilines is 1. The Morgan fingerprint density at radius 3 is 2.35 bits per heavy atom. The molecule has 1 aromatic heterocycles. The number of pyridine rings is 1. The van der Waals surface area contributed by atoms with Gasteiger partial charge in [0.05, 0.1) is 12.7 Å². The Hall–Kier alpha value is -3.87. The second kappa shape index (κ2) is 10.6. The number of nitrogens with one attached hydrogen (secondary N) is 2. The lowest BCUT2D eigenvalue weighted by atomic mass is 9.96. The average molecular weight is 499 g/mol. The van der Waals surface area contributed by atoms with Crippen LogP contribution >= 0.6 is 0 Å². The molecule has 2 aromatic carbocycles. The fraction of sp³-hybridized carbons (Fsp3) is 0.367. The first-order chi connectivity index (χ1) is 17.9. The summed E-state index contributed by atoms with van der Waals surface area (Å²) in [6.07, 6.45) is 5.58. The second-order valence-electron chi connectivity index (χ2n) is 10.1. The van der Waals surface area contributed by atoms with Crippen molar-refractivity contribution in [3.8, 4) is 5.75 Å². The van der Waals surface area contributed by atoms with Crippen LogP contribution in [0.25, 0.3) is 0 Å². The van der Waals surface area contributed by atoms with Crippen LogP contribution < -0.4 is 20.3 Å². The van der Waals surface area contributed by atoms with Crippen molar-refractivity contribution in [1.29, 1.82) is 0 Å². The van der Waals surface area contributed by atoms with Gasteiger partial charge in [0.1, 0.15) is 11.6 Å². The van der Waals surface area contributed by atoms with Crippen molar-refractivity contribution >= 4 is 17.6 Å². The molecule has 0 saturated carbocycles. The summed E-state index contributed by atoms with van der Waals surface area (Å²) in [5.41, 5.74) is 4.33. The first kappa shape index (κ1) is 24.8. The molecule has 3 heterocycles. The number of rotatable bonds is 7. The second-order valence-corrected chi connectivity index (χ2v) is 10.1. The van der Waals surface area contributed by atoms with Gasteiger partial charge in [-0.2, -0.15) is 0 Å². The minimum absolute atomic E-state index is 0.0478. The van der Waals surface area contributed by atoms with Crippen molar-refractivity contribution in [3.63, 3.8) is 0 Å². The van der Waals surface area contributed by atoms with Crippen LogP contribution in [0.5, 0.6) is 5.75 Å². The zero-order chi connectivity index (χ0) is 25.9. The maximum atomic E-state index is 13.0. The number of methoxy groups -OCH3 is 1. The predicted molar refractivity (Wildman–Crippen MR) is 144 cm³/mol.